The van der Waals surface area contributed by atoms with Crippen molar-refractivity contribution in [1.82, 2.24) is 30.8 Å². The Morgan fingerprint density at radius 2 is 1.79 bits per heavy atom. The Morgan fingerprint density at radius 3 is 2.48 bits per heavy atom. The van der Waals surface area contributed by atoms with E-state index >= 15 is 0 Å². The van der Waals surface area contributed by atoms with Gasteiger partial charge in [-0.15, -0.1) is 0 Å². The lowest BCUT2D eigenvalue weighted by Crippen LogP contribution is -2.70. The maximum absolute atomic E-state index is 12.5. The number of nitrogens with one attached hydrogen (secondary N) is 3. The molecule has 9 nitrogen and oxygen atoms in total. The van der Waals surface area contributed by atoms with Gasteiger partial charge in [0.1, 0.15) is 6.33 Å². The third-order valence-electron chi connectivity index (χ3n) is 5.23. The molecule has 4 rings (SSSR count). The van der Waals surface area contributed by atoms with Crippen molar-refractivity contribution in [3.8, 4) is 11.1 Å². The Balaban J connectivity index is 1.41. The Labute approximate surface area is 168 Å². The first-order valence-electron chi connectivity index (χ1n) is 9.71. The van der Waals surface area contributed by atoms with Gasteiger partial charge >= 0.3 is 12.1 Å². The number of hydrogen-bond donors (Lipinski definition) is 3. The minimum absolute atomic E-state index is 0.111. The number of rotatable bonds is 5. The molecule has 9 heteroatoms. The summed E-state index contributed by atoms with van der Waals surface area (Å²) in [5.41, 5.74) is 2.94. The highest BCUT2D eigenvalue weighted by molar-refractivity contribution is 5.96. The van der Waals surface area contributed by atoms with Gasteiger partial charge in [-0.3, -0.25) is 5.32 Å². The van der Waals surface area contributed by atoms with Gasteiger partial charge in [-0.05, 0) is 37.0 Å². The van der Waals surface area contributed by atoms with E-state index in [1.54, 1.807) is 12.4 Å². The number of carbonyl (C=O) groups is 2. The van der Waals surface area contributed by atoms with Crippen LogP contribution in [0.1, 0.15) is 31.4 Å². The minimum atomic E-state index is -0.648. The predicted molar refractivity (Wildman–Crippen MR) is 106 cm³/mol. The topological polar surface area (TPSA) is 108 Å². The van der Waals surface area contributed by atoms with E-state index in [1.807, 2.05) is 31.2 Å². The number of hydrogen-bond acceptors (Lipinski definition) is 6. The van der Waals surface area contributed by atoms with Gasteiger partial charge in [0.25, 0.3) is 0 Å². The molecular formula is C20H24N6O3. The number of ether oxygens (including phenoxy) is 1. The first-order chi connectivity index (χ1) is 14.1. The lowest BCUT2D eigenvalue weighted by molar-refractivity contribution is 0.0492. The van der Waals surface area contributed by atoms with Crippen molar-refractivity contribution >= 4 is 12.1 Å². The summed E-state index contributed by atoms with van der Waals surface area (Å²) in [6.45, 7) is 3.09. The number of carbonyl (C=O) groups excluding carboxylic acids is 2. The van der Waals surface area contributed by atoms with Gasteiger partial charge < -0.3 is 15.4 Å². The standard InChI is InChI=1S/C20H24N6O3/c1-13(14-3-2-4-15(9-14)16-10-21-12-22-11-16)23-18-24-19(27)26(20(28)25-18)17-5-7-29-8-6-17/h2-4,9-13,17-18,23H,5-8H2,1H3,(H,24,27)(H,25,28)/t13-/m0/s1. The molecule has 29 heavy (non-hydrogen) atoms. The zero-order chi connectivity index (χ0) is 20.2. The predicted octanol–water partition coefficient (Wildman–Crippen LogP) is 1.99. The van der Waals surface area contributed by atoms with Crippen LogP contribution in [0.2, 0.25) is 0 Å². The average Bonchev–Trinajstić information content (AvgIpc) is 2.75. The largest absolute Gasteiger partial charge is 0.381 e. The Morgan fingerprint density at radius 1 is 1.10 bits per heavy atom. The van der Waals surface area contributed by atoms with E-state index in [0.717, 1.165) is 16.7 Å². The molecular weight excluding hydrogens is 372 g/mol. The van der Waals surface area contributed by atoms with Gasteiger partial charge in [-0.1, -0.05) is 18.2 Å². The molecule has 0 aliphatic carbocycles. The van der Waals surface area contributed by atoms with E-state index in [4.69, 9.17) is 4.74 Å². The highest BCUT2D eigenvalue weighted by Crippen LogP contribution is 2.22. The second-order valence-corrected chi connectivity index (χ2v) is 7.19. The number of benzene rings is 1. The van der Waals surface area contributed by atoms with Crippen molar-refractivity contribution in [3.63, 3.8) is 0 Å². The van der Waals surface area contributed by atoms with Gasteiger partial charge in [-0.2, -0.15) is 0 Å². The number of nitrogens with zero attached hydrogens (tertiary/aromatic N) is 3. The fourth-order valence-electron chi connectivity index (χ4n) is 3.65. The third-order valence-corrected chi connectivity index (χ3v) is 5.23. The number of imide groups is 1. The quantitative estimate of drug-likeness (QED) is 0.713. The van der Waals surface area contributed by atoms with Crippen LogP contribution in [0.25, 0.3) is 11.1 Å². The maximum atomic E-state index is 12.5. The van der Waals surface area contributed by atoms with Crippen LogP contribution in [-0.4, -0.2) is 52.5 Å². The molecule has 1 aromatic carbocycles. The molecule has 2 aromatic rings. The smallest absolute Gasteiger partial charge is 0.328 e. The van der Waals surface area contributed by atoms with Crippen molar-refractivity contribution in [2.45, 2.75) is 38.1 Å². The van der Waals surface area contributed by atoms with Crippen molar-refractivity contribution in [2.24, 2.45) is 0 Å². The number of aromatic nitrogens is 2. The number of amides is 4. The van der Waals surface area contributed by atoms with E-state index in [-0.39, 0.29) is 24.1 Å². The van der Waals surface area contributed by atoms with E-state index in [2.05, 4.69) is 25.9 Å². The molecule has 2 fully saturated rings. The Hall–Kier alpha value is -3.04. The minimum Gasteiger partial charge on any atom is -0.381 e. The van der Waals surface area contributed by atoms with Crippen LogP contribution in [0.15, 0.2) is 43.0 Å². The molecule has 2 aliphatic heterocycles. The van der Waals surface area contributed by atoms with Gasteiger partial charge in [0.15, 0.2) is 6.29 Å². The fraction of sp³-hybridized carbons (Fsp3) is 0.400. The molecule has 3 heterocycles. The molecule has 2 aliphatic rings. The SMILES string of the molecule is C[C@H](NC1NC(=O)N(C2CCOCC2)C(=O)N1)c1cccc(-c2cncnc2)c1. The van der Waals surface area contributed by atoms with E-state index in [9.17, 15) is 9.59 Å². The Bertz CT molecular complexity index is 854. The average molecular weight is 396 g/mol. The van der Waals surface area contributed by atoms with Gasteiger partial charge in [0.05, 0.1) is 0 Å². The van der Waals surface area contributed by atoms with Crippen molar-refractivity contribution in [2.75, 3.05) is 13.2 Å². The van der Waals surface area contributed by atoms with Gasteiger partial charge in [0, 0.05) is 43.3 Å². The highest BCUT2D eigenvalue weighted by Gasteiger charge is 2.37. The molecule has 0 radical (unpaired) electrons. The van der Waals surface area contributed by atoms with Crippen molar-refractivity contribution < 1.29 is 14.3 Å². The summed E-state index contributed by atoms with van der Waals surface area (Å²) in [6, 6.07) is 6.96. The second kappa shape index (κ2) is 8.54. The fourth-order valence-corrected chi connectivity index (χ4v) is 3.65. The highest BCUT2D eigenvalue weighted by atomic mass is 16.5. The third kappa shape index (κ3) is 4.36. The lowest BCUT2D eigenvalue weighted by atomic mass is 10.0. The second-order valence-electron chi connectivity index (χ2n) is 7.19. The zero-order valence-corrected chi connectivity index (χ0v) is 16.2. The van der Waals surface area contributed by atoms with Crippen LogP contribution in [0.5, 0.6) is 0 Å². The van der Waals surface area contributed by atoms with Crippen LogP contribution in [0.3, 0.4) is 0 Å². The van der Waals surface area contributed by atoms with E-state index in [0.29, 0.717) is 26.1 Å². The van der Waals surface area contributed by atoms with Crippen LogP contribution >= 0.6 is 0 Å². The molecule has 1 aromatic heterocycles. The summed E-state index contributed by atoms with van der Waals surface area (Å²) in [6.07, 6.45) is 5.68. The monoisotopic (exact) mass is 396 g/mol. The summed E-state index contributed by atoms with van der Waals surface area (Å²) in [5.74, 6) is 0. The summed E-state index contributed by atoms with van der Waals surface area (Å²) < 4.78 is 5.32. The molecule has 1 atom stereocenters. The summed E-state index contributed by atoms with van der Waals surface area (Å²) in [4.78, 5) is 34.4. The van der Waals surface area contributed by atoms with Gasteiger partial charge in [-0.25, -0.2) is 24.5 Å². The van der Waals surface area contributed by atoms with Crippen LogP contribution in [0.4, 0.5) is 9.59 Å². The summed E-state index contributed by atoms with van der Waals surface area (Å²) >= 11 is 0. The molecule has 0 spiro atoms. The molecule has 2 saturated heterocycles. The Kier molecular flexibility index (Phi) is 5.68. The van der Waals surface area contributed by atoms with Crippen molar-refractivity contribution in [1.29, 1.82) is 0 Å². The van der Waals surface area contributed by atoms with Crippen LogP contribution < -0.4 is 16.0 Å². The first-order valence-corrected chi connectivity index (χ1v) is 9.71. The lowest BCUT2D eigenvalue weighted by Gasteiger charge is -2.39. The molecule has 4 amide bonds. The normalized spacial score (nSPS) is 19.6. The molecule has 0 saturated carbocycles. The van der Waals surface area contributed by atoms with E-state index < -0.39 is 6.29 Å². The molecule has 152 valence electrons. The first kappa shape index (κ1) is 19.3. The van der Waals surface area contributed by atoms with Gasteiger partial charge in [0.2, 0.25) is 0 Å². The van der Waals surface area contributed by atoms with Crippen molar-refractivity contribution in [3.05, 3.63) is 48.5 Å². The van der Waals surface area contributed by atoms with E-state index in [1.165, 1.54) is 11.2 Å². The van der Waals surface area contributed by atoms with Crippen LogP contribution in [-0.2, 0) is 4.74 Å². The maximum Gasteiger partial charge on any atom is 0.328 e. The van der Waals surface area contributed by atoms with Crippen LogP contribution in [0, 0.1) is 0 Å². The summed E-state index contributed by atoms with van der Waals surface area (Å²) in [5, 5.41) is 8.90. The molecule has 3 N–H and O–H groups in total. The molecule has 0 unspecified atom stereocenters. The summed E-state index contributed by atoms with van der Waals surface area (Å²) in [7, 11) is 0. The molecule has 0 bridgehead atoms. The number of urea groups is 2. The zero-order valence-electron chi connectivity index (χ0n) is 16.2.